The van der Waals surface area contributed by atoms with Crippen molar-refractivity contribution in [3.63, 3.8) is 0 Å². The molecule has 3 aromatic rings. The molecule has 2 amide bonds. The van der Waals surface area contributed by atoms with Gasteiger partial charge in [0.25, 0.3) is 11.8 Å². The minimum atomic E-state index is -1.44. The number of oxime groups is 1. The standard InChI is InChI=1S/C23H22N8O5S2/c1-12-2-4-30(5-3-12)7-13-9-37-21-17(20(33)31(21)18(13)22(34)35)28-19(32)16(15-10-38-23(24)27-15)29-36-8-14-6-25-11-26-14/h2-6,10-11,17,21H,7-9H2,1H3,(H4-,24,25,26,27,28,32,34,35)/b29-16+/t17-,21-/m1/s1. The number of hydrogen-bond acceptors (Lipinski definition) is 11. The van der Waals surface area contributed by atoms with E-state index in [4.69, 9.17) is 10.6 Å². The second-order valence-electron chi connectivity index (χ2n) is 8.51. The van der Waals surface area contributed by atoms with E-state index in [0.717, 1.165) is 16.9 Å². The molecule has 0 aliphatic carbocycles. The fraction of sp³-hybridized carbons (Fsp3) is 0.261. The molecule has 13 nitrogen and oxygen atoms in total. The summed E-state index contributed by atoms with van der Waals surface area (Å²) in [5.41, 5.74) is 7.82. The highest BCUT2D eigenvalue weighted by Gasteiger charge is 2.53. The Balaban J connectivity index is 1.32. The second kappa shape index (κ2) is 10.6. The van der Waals surface area contributed by atoms with Gasteiger partial charge in [0.2, 0.25) is 0 Å². The summed E-state index contributed by atoms with van der Waals surface area (Å²) < 4.78 is 1.83. The third kappa shape index (κ3) is 5.10. The lowest BCUT2D eigenvalue weighted by atomic mass is 10.0. The number of nitrogen functional groups attached to an aromatic ring is 1. The SMILES string of the molecule is Cc1cc[n+](CC2=C(C(=O)[O-])N3C(=O)[C@@H](NC(=O)/C(=N/OCc4cnc[nH]4)c4csc(N)n4)[C@H]3SC2)cc1. The quantitative estimate of drug-likeness (QED) is 0.130. The van der Waals surface area contributed by atoms with Crippen molar-refractivity contribution in [2.45, 2.75) is 31.5 Å². The number of hydrogen-bond donors (Lipinski definition) is 3. The molecule has 3 aromatic heterocycles. The average molecular weight is 555 g/mol. The number of thioether (sulfide) groups is 1. The zero-order chi connectivity index (χ0) is 26.8. The van der Waals surface area contributed by atoms with Gasteiger partial charge < -0.3 is 30.8 Å². The number of carboxylic acid groups (broad SMARTS) is 1. The van der Waals surface area contributed by atoms with Crippen molar-refractivity contribution in [3.05, 3.63) is 70.7 Å². The van der Waals surface area contributed by atoms with E-state index in [0.29, 0.717) is 23.6 Å². The predicted octanol–water partition coefficient (Wildman–Crippen LogP) is -0.931. The van der Waals surface area contributed by atoms with Crippen LogP contribution in [0.5, 0.6) is 0 Å². The van der Waals surface area contributed by atoms with Crippen LogP contribution in [0.25, 0.3) is 0 Å². The van der Waals surface area contributed by atoms with E-state index in [1.54, 1.807) is 11.6 Å². The summed E-state index contributed by atoms with van der Waals surface area (Å²) in [5.74, 6) is -2.36. The molecule has 1 saturated heterocycles. The molecule has 5 rings (SSSR count). The number of aromatic amines is 1. The molecular weight excluding hydrogens is 532 g/mol. The molecule has 38 heavy (non-hydrogen) atoms. The Kier molecular flexibility index (Phi) is 7.11. The van der Waals surface area contributed by atoms with E-state index in [1.807, 2.05) is 36.0 Å². The van der Waals surface area contributed by atoms with Crippen LogP contribution in [0.1, 0.15) is 17.0 Å². The lowest BCUT2D eigenvalue weighted by Crippen LogP contribution is -2.71. The van der Waals surface area contributed by atoms with E-state index in [2.05, 4.69) is 25.4 Å². The zero-order valence-electron chi connectivity index (χ0n) is 20.0. The normalized spacial score (nSPS) is 19.1. The van der Waals surface area contributed by atoms with Gasteiger partial charge in [-0.15, -0.1) is 23.1 Å². The number of thiazole rings is 1. The third-order valence-electron chi connectivity index (χ3n) is 5.87. The zero-order valence-corrected chi connectivity index (χ0v) is 21.6. The summed E-state index contributed by atoms with van der Waals surface area (Å²) in [5, 5.41) is 19.8. The molecule has 2 aliphatic rings. The van der Waals surface area contributed by atoms with Crippen LogP contribution in [0.2, 0.25) is 0 Å². The van der Waals surface area contributed by atoms with E-state index in [9.17, 15) is 19.5 Å². The van der Waals surface area contributed by atoms with Crippen molar-refractivity contribution in [1.82, 2.24) is 25.2 Å². The van der Waals surface area contributed by atoms with Crippen LogP contribution in [-0.2, 0) is 32.4 Å². The highest BCUT2D eigenvalue weighted by Crippen LogP contribution is 2.40. The molecule has 15 heteroatoms. The molecule has 1 fully saturated rings. The largest absolute Gasteiger partial charge is 0.543 e. The van der Waals surface area contributed by atoms with Gasteiger partial charge in [-0.05, 0) is 12.5 Å². The number of imidazole rings is 1. The molecule has 0 unspecified atom stereocenters. The first-order valence-corrected chi connectivity index (χ1v) is 13.3. The maximum absolute atomic E-state index is 13.2. The van der Waals surface area contributed by atoms with E-state index in [1.165, 1.54) is 23.0 Å². The lowest BCUT2D eigenvalue weighted by Gasteiger charge is -2.50. The number of nitrogens with two attached hydrogens (primary N) is 1. The number of rotatable bonds is 9. The number of amides is 2. The highest BCUT2D eigenvalue weighted by atomic mass is 32.2. The number of carbonyl (C=O) groups is 3. The Morgan fingerprint density at radius 2 is 2.18 bits per heavy atom. The first kappa shape index (κ1) is 25.4. The van der Waals surface area contributed by atoms with Crippen molar-refractivity contribution < 1.29 is 28.9 Å². The maximum Gasteiger partial charge on any atom is 0.276 e. The third-order valence-corrected chi connectivity index (χ3v) is 7.88. The van der Waals surface area contributed by atoms with Gasteiger partial charge in [-0.25, -0.2) is 14.5 Å². The number of carboxylic acids is 1. The van der Waals surface area contributed by atoms with Gasteiger partial charge in [-0.2, -0.15) is 0 Å². The van der Waals surface area contributed by atoms with Gasteiger partial charge >= 0.3 is 0 Å². The minimum Gasteiger partial charge on any atom is -0.543 e. The molecule has 2 aliphatic heterocycles. The Morgan fingerprint density at radius 1 is 1.39 bits per heavy atom. The molecule has 0 bridgehead atoms. The molecular formula is C23H22N8O5S2. The fourth-order valence-electron chi connectivity index (χ4n) is 3.99. The number of aliphatic carboxylic acids is 1. The van der Waals surface area contributed by atoms with E-state index in [-0.39, 0.29) is 28.8 Å². The number of pyridine rings is 1. The van der Waals surface area contributed by atoms with Crippen LogP contribution < -0.4 is 20.7 Å². The van der Waals surface area contributed by atoms with Crippen LogP contribution in [0, 0.1) is 6.92 Å². The molecule has 0 radical (unpaired) electrons. The topological polar surface area (TPSA) is 183 Å². The molecule has 2 atom stereocenters. The molecule has 196 valence electrons. The van der Waals surface area contributed by atoms with E-state index >= 15 is 0 Å². The first-order valence-electron chi connectivity index (χ1n) is 11.3. The predicted molar refractivity (Wildman–Crippen MR) is 135 cm³/mol. The van der Waals surface area contributed by atoms with Gasteiger partial charge in [0.1, 0.15) is 17.1 Å². The minimum absolute atomic E-state index is 0.0204. The highest BCUT2D eigenvalue weighted by molar-refractivity contribution is 8.00. The number of nitrogens with one attached hydrogen (secondary N) is 2. The fourth-order valence-corrected chi connectivity index (χ4v) is 5.87. The van der Waals surface area contributed by atoms with Crippen LogP contribution in [0.15, 0.2) is 58.9 Å². The van der Waals surface area contributed by atoms with Gasteiger partial charge in [0.15, 0.2) is 36.4 Å². The van der Waals surface area contributed by atoms with E-state index < -0.39 is 29.2 Å². The summed E-state index contributed by atoms with van der Waals surface area (Å²) >= 11 is 2.48. The summed E-state index contributed by atoms with van der Waals surface area (Å²) in [4.78, 5) is 55.6. The first-order chi connectivity index (χ1) is 18.3. The summed E-state index contributed by atoms with van der Waals surface area (Å²) in [6.07, 6.45) is 6.71. The monoisotopic (exact) mass is 554 g/mol. The Morgan fingerprint density at radius 3 is 2.84 bits per heavy atom. The maximum atomic E-state index is 13.2. The van der Waals surface area contributed by atoms with Gasteiger partial charge in [0.05, 0.1) is 29.9 Å². The Labute approximate surface area is 224 Å². The van der Waals surface area contributed by atoms with Gasteiger partial charge in [0, 0.05) is 28.8 Å². The number of carbonyl (C=O) groups excluding carboxylic acids is 3. The Hall–Kier alpha value is -4.24. The lowest BCUT2D eigenvalue weighted by molar-refractivity contribution is -0.689. The second-order valence-corrected chi connectivity index (χ2v) is 10.5. The number of nitrogens with zero attached hydrogens (tertiary/aromatic N) is 5. The van der Waals surface area contributed by atoms with Gasteiger partial charge in [-0.3, -0.25) is 14.5 Å². The van der Waals surface area contributed by atoms with Crippen molar-refractivity contribution in [2.75, 3.05) is 11.5 Å². The number of aromatic nitrogens is 4. The molecule has 0 aromatic carbocycles. The summed E-state index contributed by atoms with van der Waals surface area (Å²) in [6.45, 7) is 2.27. The van der Waals surface area contributed by atoms with Crippen LogP contribution >= 0.6 is 23.1 Å². The molecule has 0 spiro atoms. The Bertz CT molecular complexity index is 1430. The molecule has 4 N–H and O–H groups in total. The number of fused-ring (bicyclic) bond motifs is 1. The number of β-lactam (4-membered cyclic amide) rings is 1. The van der Waals surface area contributed by atoms with Crippen molar-refractivity contribution in [3.8, 4) is 0 Å². The van der Waals surface area contributed by atoms with Crippen LogP contribution in [-0.4, -0.2) is 60.5 Å². The van der Waals surface area contributed by atoms with Crippen LogP contribution in [0.3, 0.4) is 0 Å². The molecule has 0 saturated carbocycles. The van der Waals surface area contributed by atoms with Crippen molar-refractivity contribution in [2.24, 2.45) is 5.16 Å². The number of anilines is 1. The summed E-state index contributed by atoms with van der Waals surface area (Å²) in [6, 6.07) is 2.85. The molecule has 5 heterocycles. The van der Waals surface area contributed by atoms with Gasteiger partial charge in [-0.1, -0.05) is 5.16 Å². The van der Waals surface area contributed by atoms with Crippen molar-refractivity contribution >= 4 is 51.7 Å². The van der Waals surface area contributed by atoms with Crippen molar-refractivity contribution in [1.29, 1.82) is 0 Å². The average Bonchev–Trinajstić information content (AvgIpc) is 3.57. The number of H-pyrrole nitrogens is 1. The summed E-state index contributed by atoms with van der Waals surface area (Å²) in [7, 11) is 0. The van der Waals surface area contributed by atoms with Crippen LogP contribution in [0.4, 0.5) is 5.13 Å². The smallest absolute Gasteiger partial charge is 0.276 e. The number of aryl methyl sites for hydroxylation is 1.